The molecular weight excluding hydrogens is 352 g/mol. The van der Waals surface area contributed by atoms with Gasteiger partial charge in [0.15, 0.2) is 5.96 Å². The summed E-state index contributed by atoms with van der Waals surface area (Å²) in [5.41, 5.74) is 0.351. The van der Waals surface area contributed by atoms with E-state index >= 15 is 0 Å². The van der Waals surface area contributed by atoms with Crippen molar-refractivity contribution in [2.75, 3.05) is 13.2 Å². The standard InChI is InChI=1S/C22H38N4O2/c1-4-23-21(25-16-8-5-7-15(13-16)20(27)24-14(2)3)26-18-17-9-12-28-19(17)22(18)10-6-11-22/h14-19H,4-13H2,1-3H3,(H,24,27)(H2,23,25,26). The summed E-state index contributed by atoms with van der Waals surface area (Å²) in [6.45, 7) is 7.83. The number of rotatable bonds is 5. The molecule has 1 saturated heterocycles. The van der Waals surface area contributed by atoms with Crippen LogP contribution in [-0.2, 0) is 9.53 Å². The number of hydrogen-bond acceptors (Lipinski definition) is 3. The minimum Gasteiger partial charge on any atom is -0.377 e. The number of carbonyl (C=O) groups is 1. The fourth-order valence-electron chi connectivity index (χ4n) is 6.05. The second kappa shape index (κ2) is 8.21. The number of ether oxygens (including phenoxy) is 1. The third kappa shape index (κ3) is 3.64. The fourth-order valence-corrected chi connectivity index (χ4v) is 6.05. The molecule has 3 saturated carbocycles. The fraction of sp³-hybridized carbons (Fsp3) is 0.909. The Bertz CT molecular complexity index is 601. The molecule has 1 amide bonds. The van der Waals surface area contributed by atoms with Gasteiger partial charge in [-0.2, -0.15) is 0 Å². The normalized spacial score (nSPS) is 36.4. The molecular formula is C22H38N4O2. The lowest BCUT2D eigenvalue weighted by molar-refractivity contribution is -0.171. The first-order valence-electron chi connectivity index (χ1n) is 11.5. The molecule has 0 radical (unpaired) electrons. The maximum atomic E-state index is 12.5. The number of hydrogen-bond donors (Lipinski definition) is 3. The van der Waals surface area contributed by atoms with E-state index in [0.717, 1.165) is 44.8 Å². The monoisotopic (exact) mass is 390 g/mol. The topological polar surface area (TPSA) is 74.8 Å². The van der Waals surface area contributed by atoms with Crippen molar-refractivity contribution in [1.82, 2.24) is 16.0 Å². The summed E-state index contributed by atoms with van der Waals surface area (Å²) in [7, 11) is 0. The molecule has 6 nitrogen and oxygen atoms in total. The van der Waals surface area contributed by atoms with Crippen molar-refractivity contribution in [2.24, 2.45) is 22.2 Å². The molecule has 4 fully saturated rings. The van der Waals surface area contributed by atoms with Gasteiger partial charge >= 0.3 is 0 Å². The van der Waals surface area contributed by atoms with E-state index in [-0.39, 0.29) is 17.9 Å². The van der Waals surface area contributed by atoms with Gasteiger partial charge in [0.25, 0.3) is 0 Å². The molecule has 158 valence electrons. The van der Waals surface area contributed by atoms with Crippen LogP contribution in [-0.4, -0.2) is 49.2 Å². The predicted molar refractivity (Wildman–Crippen MR) is 111 cm³/mol. The zero-order chi connectivity index (χ0) is 19.7. The number of nitrogens with zero attached hydrogens (tertiary/aromatic N) is 1. The average Bonchev–Trinajstić information content (AvgIpc) is 3.03. The first-order valence-corrected chi connectivity index (χ1v) is 11.5. The Morgan fingerprint density at radius 3 is 2.68 bits per heavy atom. The van der Waals surface area contributed by atoms with Crippen LogP contribution in [0.1, 0.15) is 72.1 Å². The molecule has 1 spiro atoms. The molecule has 3 N–H and O–H groups in total. The van der Waals surface area contributed by atoms with Crippen molar-refractivity contribution in [3.05, 3.63) is 0 Å². The van der Waals surface area contributed by atoms with Crippen LogP contribution >= 0.6 is 0 Å². The summed E-state index contributed by atoms with van der Waals surface area (Å²) < 4.78 is 6.06. The lowest BCUT2D eigenvalue weighted by Crippen LogP contribution is -2.72. The summed E-state index contributed by atoms with van der Waals surface area (Å²) in [5, 5.41) is 10.6. The van der Waals surface area contributed by atoms with Crippen LogP contribution in [0.25, 0.3) is 0 Å². The van der Waals surface area contributed by atoms with Crippen LogP contribution in [0.15, 0.2) is 4.99 Å². The van der Waals surface area contributed by atoms with Gasteiger partial charge in [0.1, 0.15) is 0 Å². The molecule has 5 unspecified atom stereocenters. The zero-order valence-corrected chi connectivity index (χ0v) is 17.8. The molecule has 3 aliphatic carbocycles. The number of fused-ring (bicyclic) bond motifs is 2. The highest BCUT2D eigenvalue weighted by molar-refractivity contribution is 5.81. The molecule has 4 aliphatic rings. The van der Waals surface area contributed by atoms with Crippen LogP contribution in [0.3, 0.4) is 0 Å². The molecule has 0 bridgehead atoms. The molecule has 28 heavy (non-hydrogen) atoms. The van der Waals surface area contributed by atoms with Crippen molar-refractivity contribution in [2.45, 2.75) is 96.4 Å². The molecule has 4 rings (SSSR count). The number of nitrogens with one attached hydrogen (secondary N) is 3. The lowest BCUT2D eigenvalue weighted by Gasteiger charge is -2.63. The van der Waals surface area contributed by atoms with E-state index < -0.39 is 0 Å². The smallest absolute Gasteiger partial charge is 0.223 e. The number of amides is 1. The van der Waals surface area contributed by atoms with Gasteiger partial charge in [-0.3, -0.25) is 9.79 Å². The van der Waals surface area contributed by atoms with Gasteiger partial charge in [-0.15, -0.1) is 0 Å². The van der Waals surface area contributed by atoms with E-state index in [1.165, 1.54) is 25.7 Å². The first-order chi connectivity index (χ1) is 13.5. The second-order valence-corrected chi connectivity index (χ2v) is 9.64. The van der Waals surface area contributed by atoms with E-state index in [2.05, 4.69) is 22.9 Å². The summed E-state index contributed by atoms with van der Waals surface area (Å²) in [6.07, 6.45) is 9.64. The number of guanidine groups is 1. The Balaban J connectivity index is 1.36. The quantitative estimate of drug-likeness (QED) is 0.498. The molecule has 0 aromatic carbocycles. The first kappa shape index (κ1) is 20.0. The van der Waals surface area contributed by atoms with Crippen molar-refractivity contribution in [3.8, 4) is 0 Å². The van der Waals surface area contributed by atoms with Crippen molar-refractivity contribution >= 4 is 11.9 Å². The Morgan fingerprint density at radius 1 is 1.18 bits per heavy atom. The molecule has 5 atom stereocenters. The number of carbonyl (C=O) groups excluding carboxylic acids is 1. The minimum absolute atomic E-state index is 0.116. The summed E-state index contributed by atoms with van der Waals surface area (Å²) in [4.78, 5) is 17.2. The highest BCUT2D eigenvalue weighted by atomic mass is 16.5. The zero-order valence-electron chi connectivity index (χ0n) is 17.8. The van der Waals surface area contributed by atoms with Gasteiger partial charge < -0.3 is 20.7 Å². The molecule has 1 aliphatic heterocycles. The van der Waals surface area contributed by atoms with Crippen LogP contribution in [0.4, 0.5) is 0 Å². The highest BCUT2D eigenvalue weighted by Crippen LogP contribution is 2.62. The molecule has 1 heterocycles. The van der Waals surface area contributed by atoms with Gasteiger partial charge in [-0.1, -0.05) is 12.8 Å². The van der Waals surface area contributed by atoms with Crippen molar-refractivity contribution in [1.29, 1.82) is 0 Å². The SMILES string of the molecule is CCN=C(NC1CCCC(C(=O)NC(C)C)C1)NC1C2CCOC2C12CCC2. The van der Waals surface area contributed by atoms with Gasteiger partial charge in [-0.25, -0.2) is 0 Å². The van der Waals surface area contributed by atoms with E-state index in [9.17, 15) is 4.79 Å². The Labute approximate surface area is 169 Å². The van der Waals surface area contributed by atoms with E-state index in [1.54, 1.807) is 0 Å². The third-order valence-electron chi connectivity index (χ3n) is 7.46. The van der Waals surface area contributed by atoms with Crippen molar-refractivity contribution < 1.29 is 9.53 Å². The maximum absolute atomic E-state index is 12.5. The van der Waals surface area contributed by atoms with Crippen LogP contribution in [0.5, 0.6) is 0 Å². The lowest BCUT2D eigenvalue weighted by atomic mass is 9.46. The van der Waals surface area contributed by atoms with E-state index in [1.807, 2.05) is 13.8 Å². The van der Waals surface area contributed by atoms with Crippen LogP contribution in [0, 0.1) is 17.3 Å². The summed E-state index contributed by atoms with van der Waals surface area (Å²) in [6, 6.07) is 1.02. The van der Waals surface area contributed by atoms with Crippen LogP contribution in [0.2, 0.25) is 0 Å². The Hall–Kier alpha value is -1.30. The molecule has 0 aromatic heterocycles. The maximum Gasteiger partial charge on any atom is 0.223 e. The second-order valence-electron chi connectivity index (χ2n) is 9.64. The minimum atomic E-state index is 0.116. The largest absolute Gasteiger partial charge is 0.377 e. The van der Waals surface area contributed by atoms with Crippen molar-refractivity contribution in [3.63, 3.8) is 0 Å². The van der Waals surface area contributed by atoms with Gasteiger partial charge in [-0.05, 0) is 59.3 Å². The third-order valence-corrected chi connectivity index (χ3v) is 7.46. The van der Waals surface area contributed by atoms with Gasteiger partial charge in [0.2, 0.25) is 5.91 Å². The van der Waals surface area contributed by atoms with Gasteiger partial charge in [0, 0.05) is 48.5 Å². The molecule has 6 heteroatoms. The van der Waals surface area contributed by atoms with E-state index in [0.29, 0.717) is 29.5 Å². The van der Waals surface area contributed by atoms with Crippen LogP contribution < -0.4 is 16.0 Å². The summed E-state index contributed by atoms with van der Waals surface area (Å²) in [5.74, 6) is 1.91. The Morgan fingerprint density at radius 2 is 2.00 bits per heavy atom. The number of aliphatic imine (C=N–C) groups is 1. The average molecular weight is 391 g/mol. The molecule has 0 aromatic rings. The highest BCUT2D eigenvalue weighted by Gasteiger charge is 2.66. The Kier molecular flexibility index (Phi) is 5.86. The summed E-state index contributed by atoms with van der Waals surface area (Å²) >= 11 is 0. The van der Waals surface area contributed by atoms with Gasteiger partial charge in [0.05, 0.1) is 6.10 Å². The van der Waals surface area contributed by atoms with E-state index in [4.69, 9.17) is 9.73 Å². The predicted octanol–water partition coefficient (Wildman–Crippen LogP) is 2.58.